The number of aromatic nitrogens is 2. The molecule has 0 aliphatic carbocycles. The molecule has 0 bridgehead atoms. The number of rotatable bonds is 10. The van der Waals surface area contributed by atoms with E-state index < -0.39 is 8.25 Å². The summed E-state index contributed by atoms with van der Waals surface area (Å²) in [5.41, 5.74) is 2.89. The molecule has 0 N–H and O–H groups in total. The second kappa shape index (κ2) is 12.3. The number of nitrogens with zero attached hydrogens (tertiary/aromatic N) is 2. The zero-order valence-corrected chi connectivity index (χ0v) is 20.7. The Kier molecular flexibility index (Phi) is 8.41. The van der Waals surface area contributed by atoms with Crippen molar-refractivity contribution in [2.75, 3.05) is 14.2 Å². The maximum Gasteiger partial charge on any atom is 0.805 e. The fourth-order valence-electron chi connectivity index (χ4n) is 3.29. The number of benzene rings is 2. The number of ether oxygens (including phenoxy) is 2. The van der Waals surface area contributed by atoms with Gasteiger partial charge < -0.3 is 9.47 Å². The molecule has 180 valence electrons. The molecule has 0 radical (unpaired) electrons. The quantitative estimate of drug-likeness (QED) is 0.174. The lowest BCUT2D eigenvalue weighted by Crippen LogP contribution is -1.92. The first-order valence-corrected chi connectivity index (χ1v) is 12.1. The molecule has 2 heterocycles. The summed E-state index contributed by atoms with van der Waals surface area (Å²) >= 11 is 0. The largest absolute Gasteiger partial charge is 0.805 e. The minimum atomic E-state index is -2.63. The Morgan fingerprint density at radius 3 is 1.56 bits per heavy atom. The molecule has 0 amide bonds. The fourth-order valence-corrected chi connectivity index (χ4v) is 3.96. The third-order valence-electron chi connectivity index (χ3n) is 5.02. The van der Waals surface area contributed by atoms with Crippen LogP contribution in [0.2, 0.25) is 0 Å². The lowest BCUT2D eigenvalue weighted by Gasteiger charge is -2.05. The number of hydrogen-bond acceptors (Lipinski definition) is 7. The van der Waals surface area contributed by atoms with Crippen molar-refractivity contribution < 1.29 is 23.1 Å². The van der Waals surface area contributed by atoms with Crippen molar-refractivity contribution in [1.82, 2.24) is 9.97 Å². The smallest absolute Gasteiger partial charge is 0.497 e. The first kappa shape index (κ1) is 24.6. The minimum absolute atomic E-state index is 0.337. The van der Waals surface area contributed by atoms with Crippen molar-refractivity contribution in [3.05, 3.63) is 120 Å². The molecule has 0 atom stereocenters. The van der Waals surface area contributed by atoms with E-state index in [1.807, 2.05) is 60.7 Å². The van der Waals surface area contributed by atoms with E-state index in [0.29, 0.717) is 34.1 Å². The number of methoxy groups -OCH3 is 2. The summed E-state index contributed by atoms with van der Waals surface area (Å²) in [5, 5.41) is 0. The van der Waals surface area contributed by atoms with Crippen LogP contribution in [-0.2, 0) is 13.6 Å². The predicted molar refractivity (Wildman–Crippen MR) is 140 cm³/mol. The van der Waals surface area contributed by atoms with Crippen molar-refractivity contribution in [3.63, 3.8) is 0 Å². The van der Waals surface area contributed by atoms with Gasteiger partial charge in [0.2, 0.25) is 0 Å². The first-order chi connectivity index (χ1) is 17.6. The van der Waals surface area contributed by atoms with E-state index in [0.717, 1.165) is 11.1 Å². The molecular formula is C28H24N2O5P+. The molecule has 36 heavy (non-hydrogen) atoms. The maximum absolute atomic E-state index is 13.2. The molecule has 0 saturated heterocycles. The van der Waals surface area contributed by atoms with E-state index >= 15 is 0 Å². The SMILES string of the molecule is COc1cccc(C=C(O[P+](=O)OC(=Cc2cccc(OC)c2)c2cccnc2)c2cccnc2)c1. The molecule has 8 heteroatoms. The van der Waals surface area contributed by atoms with Crippen molar-refractivity contribution >= 4 is 31.9 Å². The Bertz CT molecular complexity index is 1270. The highest BCUT2D eigenvalue weighted by Crippen LogP contribution is 2.39. The summed E-state index contributed by atoms with van der Waals surface area (Å²) in [5.74, 6) is 2.05. The second-order valence-electron chi connectivity index (χ2n) is 7.46. The van der Waals surface area contributed by atoms with Crippen LogP contribution in [0.25, 0.3) is 23.7 Å². The average Bonchev–Trinajstić information content (AvgIpc) is 2.93. The van der Waals surface area contributed by atoms with Gasteiger partial charge in [0.15, 0.2) is 11.5 Å². The van der Waals surface area contributed by atoms with Gasteiger partial charge in [0.05, 0.1) is 14.2 Å². The molecule has 0 unspecified atom stereocenters. The lowest BCUT2D eigenvalue weighted by atomic mass is 10.1. The van der Waals surface area contributed by atoms with E-state index in [1.165, 1.54) is 0 Å². The van der Waals surface area contributed by atoms with E-state index in [1.54, 1.807) is 63.3 Å². The van der Waals surface area contributed by atoms with Crippen molar-refractivity contribution in [2.24, 2.45) is 0 Å². The maximum atomic E-state index is 13.2. The Labute approximate surface area is 210 Å². The van der Waals surface area contributed by atoms with E-state index in [-0.39, 0.29) is 0 Å². The van der Waals surface area contributed by atoms with Crippen molar-refractivity contribution in [2.45, 2.75) is 0 Å². The molecule has 4 rings (SSSR count). The monoisotopic (exact) mass is 499 g/mol. The van der Waals surface area contributed by atoms with Gasteiger partial charge in [-0.2, -0.15) is 0 Å². The van der Waals surface area contributed by atoms with Gasteiger partial charge in [-0.1, -0.05) is 24.3 Å². The van der Waals surface area contributed by atoms with Crippen LogP contribution in [0.5, 0.6) is 11.5 Å². The highest BCUT2D eigenvalue weighted by Gasteiger charge is 2.29. The van der Waals surface area contributed by atoms with Crippen LogP contribution in [0.15, 0.2) is 97.6 Å². The van der Waals surface area contributed by atoms with Gasteiger partial charge in [-0.25, -0.2) is 9.05 Å². The standard InChI is InChI=1S/C28H24N2O5P/c1-32-25-11-3-7-21(15-25)17-27(23-9-5-13-29-19-23)34-36(31)35-28(24-10-6-14-30-20-24)18-22-8-4-12-26(16-22)33-2/h3-20H,1-2H3/q+1. The minimum Gasteiger partial charge on any atom is -0.497 e. The molecule has 2 aromatic heterocycles. The molecule has 0 spiro atoms. The van der Waals surface area contributed by atoms with Crippen molar-refractivity contribution in [3.8, 4) is 11.5 Å². The Hall–Kier alpha value is -4.48. The van der Waals surface area contributed by atoms with Gasteiger partial charge in [-0.3, -0.25) is 9.97 Å². The average molecular weight is 499 g/mol. The van der Waals surface area contributed by atoms with Gasteiger partial charge in [-0.05, 0) is 71.8 Å². The summed E-state index contributed by atoms with van der Waals surface area (Å²) < 4.78 is 35.5. The molecular weight excluding hydrogens is 475 g/mol. The second-order valence-corrected chi connectivity index (χ2v) is 8.27. The molecule has 0 fully saturated rings. The summed E-state index contributed by atoms with van der Waals surface area (Å²) in [7, 11) is 0.570. The third-order valence-corrected chi connectivity index (χ3v) is 5.71. The molecule has 7 nitrogen and oxygen atoms in total. The van der Waals surface area contributed by atoms with Gasteiger partial charge >= 0.3 is 8.25 Å². The summed E-state index contributed by atoms with van der Waals surface area (Å²) in [4.78, 5) is 8.31. The highest BCUT2D eigenvalue weighted by molar-refractivity contribution is 7.34. The van der Waals surface area contributed by atoms with E-state index in [9.17, 15) is 4.57 Å². The Balaban J connectivity index is 1.65. The van der Waals surface area contributed by atoms with Crippen LogP contribution in [0.4, 0.5) is 0 Å². The third kappa shape index (κ3) is 6.78. The summed E-state index contributed by atoms with van der Waals surface area (Å²) in [6.45, 7) is 0. The van der Waals surface area contributed by atoms with Crippen molar-refractivity contribution in [1.29, 1.82) is 0 Å². The topological polar surface area (TPSA) is 79.8 Å². The number of pyridine rings is 2. The molecule has 0 saturated carbocycles. The van der Waals surface area contributed by atoms with Gasteiger partial charge in [0, 0.05) is 40.5 Å². The molecule has 2 aromatic carbocycles. The fraction of sp³-hybridized carbons (Fsp3) is 0.0714. The molecule has 0 aliphatic heterocycles. The number of hydrogen-bond donors (Lipinski definition) is 0. The van der Waals surface area contributed by atoms with Crippen LogP contribution in [-0.4, -0.2) is 24.2 Å². The van der Waals surface area contributed by atoms with E-state index in [2.05, 4.69) is 9.97 Å². The Morgan fingerprint density at radius 1 is 0.694 bits per heavy atom. The lowest BCUT2D eigenvalue weighted by molar-refractivity contribution is 0.384. The normalized spacial score (nSPS) is 12.0. The first-order valence-electron chi connectivity index (χ1n) is 11.0. The van der Waals surface area contributed by atoms with Gasteiger partial charge in [0.25, 0.3) is 0 Å². The zero-order chi connectivity index (χ0) is 25.2. The Morgan fingerprint density at radius 2 is 1.17 bits per heavy atom. The van der Waals surface area contributed by atoms with Gasteiger partial charge in [0.1, 0.15) is 11.5 Å². The predicted octanol–water partition coefficient (Wildman–Crippen LogP) is 6.88. The summed E-state index contributed by atoms with van der Waals surface area (Å²) in [6, 6.07) is 22.1. The zero-order valence-electron chi connectivity index (χ0n) is 19.8. The van der Waals surface area contributed by atoms with Crippen LogP contribution < -0.4 is 9.47 Å². The summed E-state index contributed by atoms with van der Waals surface area (Å²) in [6.07, 6.45) is 10.1. The van der Waals surface area contributed by atoms with Crippen LogP contribution in [0.1, 0.15) is 22.3 Å². The molecule has 0 aliphatic rings. The molecule has 4 aromatic rings. The van der Waals surface area contributed by atoms with Crippen LogP contribution in [0.3, 0.4) is 0 Å². The highest BCUT2D eigenvalue weighted by atomic mass is 31.1. The van der Waals surface area contributed by atoms with Gasteiger partial charge in [-0.15, -0.1) is 0 Å². The van der Waals surface area contributed by atoms with Crippen LogP contribution >= 0.6 is 8.25 Å². The van der Waals surface area contributed by atoms with E-state index in [4.69, 9.17) is 18.5 Å². The van der Waals surface area contributed by atoms with Crippen LogP contribution in [0, 0.1) is 0 Å².